The molecule has 0 saturated heterocycles. The van der Waals surface area contributed by atoms with Gasteiger partial charge in [0.25, 0.3) is 0 Å². The SMILES string of the molecule is CNC(=O)/C(=C/I)CCN(C)C. The molecular weight excluding hydrogens is 267 g/mol. The third-order valence-corrected chi connectivity index (χ3v) is 2.23. The van der Waals surface area contributed by atoms with E-state index in [-0.39, 0.29) is 5.91 Å². The second-order valence-corrected chi connectivity index (χ2v) is 3.39. The van der Waals surface area contributed by atoms with Gasteiger partial charge in [-0.25, -0.2) is 0 Å². The lowest BCUT2D eigenvalue weighted by Crippen LogP contribution is -2.23. The Labute approximate surface area is 87.3 Å². The fraction of sp³-hybridized carbons (Fsp3) is 0.625. The second-order valence-electron chi connectivity index (χ2n) is 2.77. The highest BCUT2D eigenvalue weighted by molar-refractivity contribution is 14.1. The summed E-state index contributed by atoms with van der Waals surface area (Å²) in [6.45, 7) is 0.905. The van der Waals surface area contributed by atoms with E-state index in [9.17, 15) is 4.79 Å². The molecule has 3 nitrogen and oxygen atoms in total. The van der Waals surface area contributed by atoms with Gasteiger partial charge in [-0.2, -0.15) is 0 Å². The lowest BCUT2D eigenvalue weighted by Gasteiger charge is -2.10. The van der Waals surface area contributed by atoms with Gasteiger partial charge in [0.2, 0.25) is 5.91 Å². The molecular formula is C8H15IN2O. The summed E-state index contributed by atoms with van der Waals surface area (Å²) in [6.07, 6.45) is 0.801. The van der Waals surface area contributed by atoms with Gasteiger partial charge < -0.3 is 10.2 Å². The summed E-state index contributed by atoms with van der Waals surface area (Å²) in [4.78, 5) is 13.2. The molecule has 0 aliphatic carbocycles. The molecule has 0 rings (SSSR count). The highest BCUT2D eigenvalue weighted by Gasteiger charge is 2.05. The molecule has 0 bridgehead atoms. The van der Waals surface area contributed by atoms with E-state index in [1.54, 1.807) is 7.05 Å². The Morgan fingerprint density at radius 2 is 2.17 bits per heavy atom. The van der Waals surface area contributed by atoms with Gasteiger partial charge in [0, 0.05) is 19.2 Å². The third-order valence-electron chi connectivity index (χ3n) is 1.48. The first-order valence-electron chi connectivity index (χ1n) is 3.78. The van der Waals surface area contributed by atoms with Crippen LogP contribution >= 0.6 is 22.6 Å². The van der Waals surface area contributed by atoms with Crippen molar-refractivity contribution in [3.63, 3.8) is 0 Å². The molecule has 1 N–H and O–H groups in total. The molecule has 0 unspecified atom stereocenters. The van der Waals surface area contributed by atoms with Crippen molar-refractivity contribution >= 4 is 28.5 Å². The van der Waals surface area contributed by atoms with Crippen molar-refractivity contribution in [1.82, 2.24) is 10.2 Å². The summed E-state index contributed by atoms with van der Waals surface area (Å²) in [6, 6.07) is 0. The van der Waals surface area contributed by atoms with Crippen molar-refractivity contribution in [2.24, 2.45) is 0 Å². The molecule has 0 atom stereocenters. The first-order chi connectivity index (χ1) is 5.61. The van der Waals surface area contributed by atoms with Crippen molar-refractivity contribution in [2.75, 3.05) is 27.7 Å². The molecule has 0 aliphatic rings. The van der Waals surface area contributed by atoms with Crippen molar-refractivity contribution < 1.29 is 4.79 Å². The van der Waals surface area contributed by atoms with Gasteiger partial charge in [-0.3, -0.25) is 4.79 Å². The Morgan fingerprint density at radius 3 is 2.50 bits per heavy atom. The van der Waals surface area contributed by atoms with Crippen LogP contribution in [-0.2, 0) is 4.79 Å². The summed E-state index contributed by atoms with van der Waals surface area (Å²) in [5, 5.41) is 2.61. The van der Waals surface area contributed by atoms with Crippen molar-refractivity contribution in [2.45, 2.75) is 6.42 Å². The van der Waals surface area contributed by atoms with Crippen molar-refractivity contribution in [3.8, 4) is 0 Å². The number of likely N-dealkylation sites (N-methyl/N-ethyl adjacent to an activating group) is 1. The van der Waals surface area contributed by atoms with Gasteiger partial charge in [-0.1, -0.05) is 22.6 Å². The van der Waals surface area contributed by atoms with E-state index in [1.165, 1.54) is 0 Å². The zero-order valence-corrected chi connectivity index (χ0v) is 9.88. The topological polar surface area (TPSA) is 32.3 Å². The number of amides is 1. The zero-order valence-electron chi connectivity index (χ0n) is 7.72. The molecule has 0 aliphatic heterocycles. The van der Waals surface area contributed by atoms with E-state index in [0.717, 1.165) is 18.5 Å². The highest BCUT2D eigenvalue weighted by Crippen LogP contribution is 2.05. The maximum Gasteiger partial charge on any atom is 0.247 e. The lowest BCUT2D eigenvalue weighted by atomic mass is 10.2. The van der Waals surface area contributed by atoms with Crippen molar-refractivity contribution in [3.05, 3.63) is 9.66 Å². The minimum atomic E-state index is 0.0197. The van der Waals surface area contributed by atoms with Gasteiger partial charge in [0.15, 0.2) is 0 Å². The quantitative estimate of drug-likeness (QED) is 0.616. The van der Waals surface area contributed by atoms with E-state index >= 15 is 0 Å². The number of nitrogens with one attached hydrogen (secondary N) is 1. The fourth-order valence-corrected chi connectivity index (χ4v) is 1.32. The van der Waals surface area contributed by atoms with Gasteiger partial charge in [-0.05, 0) is 24.6 Å². The molecule has 1 amide bonds. The molecule has 0 aromatic heterocycles. The molecule has 0 heterocycles. The van der Waals surface area contributed by atoms with Gasteiger partial charge >= 0.3 is 0 Å². The van der Waals surface area contributed by atoms with Crippen LogP contribution in [-0.4, -0.2) is 38.5 Å². The number of carbonyl (C=O) groups excluding carboxylic acids is 1. The maximum absolute atomic E-state index is 11.2. The number of halogens is 1. The van der Waals surface area contributed by atoms with E-state index in [4.69, 9.17) is 0 Å². The summed E-state index contributed by atoms with van der Waals surface area (Å²) in [5.74, 6) is 0.0197. The minimum absolute atomic E-state index is 0.0197. The Hall–Kier alpha value is -0.100. The lowest BCUT2D eigenvalue weighted by molar-refractivity contribution is -0.117. The van der Waals surface area contributed by atoms with Crippen LogP contribution in [0.1, 0.15) is 6.42 Å². The van der Waals surface area contributed by atoms with Crippen LogP contribution in [0.25, 0.3) is 0 Å². The fourth-order valence-electron chi connectivity index (χ4n) is 0.722. The van der Waals surface area contributed by atoms with Gasteiger partial charge in [0.05, 0.1) is 0 Å². The first-order valence-corrected chi connectivity index (χ1v) is 5.02. The number of hydrogen-bond donors (Lipinski definition) is 1. The molecule has 12 heavy (non-hydrogen) atoms. The normalized spacial score (nSPS) is 11.9. The van der Waals surface area contributed by atoms with E-state index in [0.29, 0.717) is 0 Å². The number of hydrogen-bond acceptors (Lipinski definition) is 2. The van der Waals surface area contributed by atoms with Crippen LogP contribution in [0.2, 0.25) is 0 Å². The van der Waals surface area contributed by atoms with E-state index in [2.05, 4.69) is 32.8 Å². The third kappa shape index (κ3) is 4.71. The summed E-state index contributed by atoms with van der Waals surface area (Å²) >= 11 is 2.09. The smallest absolute Gasteiger partial charge is 0.247 e. The van der Waals surface area contributed by atoms with Crippen molar-refractivity contribution in [1.29, 1.82) is 0 Å². The predicted octanol–water partition coefficient (Wildman–Crippen LogP) is 1.00. The number of rotatable bonds is 4. The molecule has 0 aromatic carbocycles. The van der Waals surface area contributed by atoms with Crippen LogP contribution in [0.5, 0.6) is 0 Å². The Kier molecular flexibility index (Phi) is 6.37. The molecule has 70 valence electrons. The zero-order chi connectivity index (χ0) is 9.56. The Balaban J connectivity index is 3.94. The predicted molar refractivity (Wildman–Crippen MR) is 59.3 cm³/mol. The monoisotopic (exact) mass is 282 g/mol. The molecule has 0 spiro atoms. The van der Waals surface area contributed by atoms with Gasteiger partial charge in [0.1, 0.15) is 0 Å². The first kappa shape index (κ1) is 11.9. The maximum atomic E-state index is 11.2. The Morgan fingerprint density at radius 1 is 1.58 bits per heavy atom. The number of nitrogens with zero attached hydrogens (tertiary/aromatic N) is 1. The highest BCUT2D eigenvalue weighted by atomic mass is 127. The molecule has 4 heteroatoms. The van der Waals surface area contributed by atoms with Gasteiger partial charge in [-0.15, -0.1) is 0 Å². The average Bonchev–Trinajstić information content (AvgIpc) is 2.04. The molecule has 0 saturated carbocycles. The van der Waals surface area contributed by atoms with Crippen LogP contribution in [0.15, 0.2) is 9.66 Å². The van der Waals surface area contributed by atoms with E-state index < -0.39 is 0 Å². The van der Waals surface area contributed by atoms with Crippen LogP contribution in [0.4, 0.5) is 0 Å². The second kappa shape index (κ2) is 6.42. The molecule has 0 fully saturated rings. The van der Waals surface area contributed by atoms with E-state index in [1.807, 2.05) is 18.2 Å². The molecule has 0 radical (unpaired) electrons. The Bertz CT molecular complexity index is 178. The summed E-state index contributed by atoms with van der Waals surface area (Å²) in [5.41, 5.74) is 0.840. The summed E-state index contributed by atoms with van der Waals surface area (Å²) < 4.78 is 1.83. The minimum Gasteiger partial charge on any atom is -0.355 e. The standard InChI is InChI=1S/C8H15IN2O/c1-10-8(12)7(6-9)4-5-11(2)3/h6H,4-5H2,1-3H3,(H,10,12)/b7-6+. The van der Waals surface area contributed by atoms with Crippen LogP contribution in [0, 0.1) is 0 Å². The average molecular weight is 282 g/mol. The summed E-state index contributed by atoms with van der Waals surface area (Å²) in [7, 11) is 5.64. The largest absolute Gasteiger partial charge is 0.355 e. The van der Waals surface area contributed by atoms with Crippen LogP contribution in [0.3, 0.4) is 0 Å². The van der Waals surface area contributed by atoms with Crippen LogP contribution < -0.4 is 5.32 Å². The molecule has 0 aromatic rings. The number of carbonyl (C=O) groups is 1.